The zero-order chi connectivity index (χ0) is 10.9. The maximum absolute atomic E-state index is 11.6. The highest BCUT2D eigenvalue weighted by Gasteiger charge is 2.32. The van der Waals surface area contributed by atoms with Gasteiger partial charge in [-0.05, 0) is 26.7 Å². The monoisotopic (exact) mass is 234 g/mol. The molecule has 1 rings (SSSR count). The molecule has 0 aromatic rings. The van der Waals surface area contributed by atoms with Gasteiger partial charge in [0.2, 0.25) is 0 Å². The van der Waals surface area contributed by atoms with Gasteiger partial charge in [-0.2, -0.15) is 13.5 Å². The average molecular weight is 234 g/mol. The number of rotatable bonds is 0. The number of ether oxygens (including phenoxy) is 1. The normalized spacial score (nSPS) is 26.1. The van der Waals surface area contributed by atoms with Crippen LogP contribution in [0.4, 0.5) is 4.79 Å². The lowest BCUT2D eigenvalue weighted by Gasteiger charge is -2.24. The first-order valence-corrected chi connectivity index (χ1v) is 5.03. The van der Waals surface area contributed by atoms with Crippen LogP contribution in [0.3, 0.4) is 0 Å². The number of carbonyl (C=O) groups is 1. The van der Waals surface area contributed by atoms with Crippen LogP contribution in [-0.4, -0.2) is 35.7 Å². The van der Waals surface area contributed by atoms with Crippen LogP contribution in [0.2, 0.25) is 0 Å². The third-order valence-corrected chi connectivity index (χ3v) is 2.32. The van der Waals surface area contributed by atoms with Crippen molar-refractivity contribution in [1.29, 1.82) is 0 Å². The quantitative estimate of drug-likeness (QED) is 0.687. The molecule has 0 unspecified atom stereocenters. The van der Waals surface area contributed by atoms with Gasteiger partial charge in [0.1, 0.15) is 5.60 Å². The summed E-state index contributed by atoms with van der Waals surface area (Å²) in [4.78, 5) is 13.3. The van der Waals surface area contributed by atoms with Crippen LogP contribution in [0.15, 0.2) is 0 Å². The summed E-state index contributed by atoms with van der Waals surface area (Å²) in [6, 6.07) is 0.0857. The van der Waals surface area contributed by atoms with Crippen molar-refractivity contribution < 1.29 is 9.53 Å². The van der Waals surface area contributed by atoms with E-state index in [4.69, 9.17) is 10.5 Å². The first kappa shape index (κ1) is 14.6. The third kappa shape index (κ3) is 4.30. The van der Waals surface area contributed by atoms with Crippen molar-refractivity contribution >= 4 is 19.6 Å². The van der Waals surface area contributed by atoms with Crippen molar-refractivity contribution in [3.8, 4) is 0 Å². The summed E-state index contributed by atoms with van der Waals surface area (Å²) in [5.74, 6) is 0.363. The minimum absolute atomic E-state index is 0. The Balaban J connectivity index is 0.00000196. The Hall–Kier alpha value is -0.420. The lowest BCUT2D eigenvalue weighted by atomic mass is 10.1. The second-order valence-corrected chi connectivity index (χ2v) is 5.03. The summed E-state index contributed by atoms with van der Waals surface area (Å²) in [6.07, 6.45) is -0.252. The van der Waals surface area contributed by atoms with E-state index in [2.05, 4.69) is 6.92 Å². The fourth-order valence-electron chi connectivity index (χ4n) is 1.47. The second-order valence-electron chi connectivity index (χ2n) is 5.03. The van der Waals surface area contributed by atoms with Gasteiger partial charge in [-0.3, -0.25) is 0 Å². The van der Waals surface area contributed by atoms with E-state index in [1.54, 1.807) is 4.90 Å². The lowest BCUT2D eigenvalue weighted by molar-refractivity contribution is 0.0287. The average Bonchev–Trinajstić information content (AvgIpc) is 2.28. The third-order valence-electron chi connectivity index (χ3n) is 2.32. The van der Waals surface area contributed by atoms with E-state index < -0.39 is 5.60 Å². The van der Waals surface area contributed by atoms with Crippen LogP contribution in [-0.2, 0) is 4.74 Å². The molecule has 2 atom stereocenters. The number of likely N-dealkylation sites (tertiary alicyclic amines) is 1. The summed E-state index contributed by atoms with van der Waals surface area (Å²) in [6.45, 7) is 8.96. The standard InChI is InChI=1S/C10H20N2O2.H2S/c1-7-5-12(6-8(7)11)9(13)14-10(2,3)4;/h7-8H,5-6,11H2,1-4H3;1H2/t7-,8-;/m0./s1. The molecule has 4 nitrogen and oxygen atoms in total. The smallest absolute Gasteiger partial charge is 0.410 e. The first-order chi connectivity index (χ1) is 6.29. The molecule has 1 saturated heterocycles. The van der Waals surface area contributed by atoms with Crippen molar-refractivity contribution in [1.82, 2.24) is 4.90 Å². The molecule has 0 bridgehead atoms. The zero-order valence-electron chi connectivity index (χ0n) is 9.91. The highest BCUT2D eigenvalue weighted by molar-refractivity contribution is 7.59. The van der Waals surface area contributed by atoms with Crippen molar-refractivity contribution in [3.63, 3.8) is 0 Å². The molecule has 1 fully saturated rings. The molecule has 1 aliphatic heterocycles. The number of nitrogens with zero attached hydrogens (tertiary/aromatic N) is 1. The minimum Gasteiger partial charge on any atom is -0.444 e. The van der Waals surface area contributed by atoms with E-state index >= 15 is 0 Å². The van der Waals surface area contributed by atoms with Crippen LogP contribution >= 0.6 is 13.5 Å². The van der Waals surface area contributed by atoms with E-state index in [0.29, 0.717) is 19.0 Å². The van der Waals surface area contributed by atoms with E-state index in [0.717, 1.165) is 0 Å². The number of hydrogen-bond acceptors (Lipinski definition) is 3. The van der Waals surface area contributed by atoms with Crippen molar-refractivity contribution in [3.05, 3.63) is 0 Å². The molecule has 90 valence electrons. The number of amides is 1. The van der Waals surface area contributed by atoms with E-state index in [1.165, 1.54) is 0 Å². The molecule has 1 aliphatic rings. The molecular weight excluding hydrogens is 212 g/mol. The predicted molar refractivity (Wildman–Crippen MR) is 65.3 cm³/mol. The maximum Gasteiger partial charge on any atom is 0.410 e. The molecule has 0 aromatic heterocycles. The lowest BCUT2D eigenvalue weighted by Crippen LogP contribution is -2.36. The Morgan fingerprint density at radius 1 is 1.40 bits per heavy atom. The topological polar surface area (TPSA) is 55.6 Å². The summed E-state index contributed by atoms with van der Waals surface area (Å²) >= 11 is 0. The second kappa shape index (κ2) is 5.07. The SMILES string of the molecule is C[C@H]1CN(C(=O)OC(C)(C)C)C[C@@H]1N.S. The Morgan fingerprint density at radius 2 is 1.93 bits per heavy atom. The van der Waals surface area contributed by atoms with Gasteiger partial charge < -0.3 is 15.4 Å². The summed E-state index contributed by atoms with van der Waals surface area (Å²) in [7, 11) is 0. The fourth-order valence-corrected chi connectivity index (χ4v) is 1.47. The van der Waals surface area contributed by atoms with Gasteiger partial charge in [-0.15, -0.1) is 0 Å². The molecule has 1 heterocycles. The Kier molecular flexibility index (Phi) is 4.93. The van der Waals surface area contributed by atoms with E-state index in [1.807, 2.05) is 20.8 Å². The zero-order valence-corrected chi connectivity index (χ0v) is 10.9. The number of hydrogen-bond donors (Lipinski definition) is 1. The molecule has 0 saturated carbocycles. The van der Waals surface area contributed by atoms with Crippen LogP contribution in [0.25, 0.3) is 0 Å². The molecular formula is C10H22N2O2S. The van der Waals surface area contributed by atoms with E-state index in [9.17, 15) is 4.79 Å². The highest BCUT2D eigenvalue weighted by atomic mass is 32.1. The van der Waals surface area contributed by atoms with Crippen molar-refractivity contribution in [2.75, 3.05) is 13.1 Å². The first-order valence-electron chi connectivity index (χ1n) is 5.03. The van der Waals surface area contributed by atoms with Gasteiger partial charge in [0.15, 0.2) is 0 Å². The Morgan fingerprint density at radius 3 is 2.27 bits per heavy atom. The number of carbonyl (C=O) groups excluding carboxylic acids is 1. The van der Waals surface area contributed by atoms with Crippen molar-refractivity contribution in [2.24, 2.45) is 11.7 Å². The highest BCUT2D eigenvalue weighted by Crippen LogP contribution is 2.17. The molecule has 1 amide bonds. The Labute approximate surface area is 98.6 Å². The van der Waals surface area contributed by atoms with Crippen LogP contribution < -0.4 is 5.73 Å². The van der Waals surface area contributed by atoms with Crippen LogP contribution in [0, 0.1) is 5.92 Å². The maximum atomic E-state index is 11.6. The summed E-state index contributed by atoms with van der Waals surface area (Å²) < 4.78 is 5.25. The van der Waals surface area contributed by atoms with Gasteiger partial charge in [-0.25, -0.2) is 4.79 Å². The van der Waals surface area contributed by atoms with Crippen LogP contribution in [0.1, 0.15) is 27.7 Å². The van der Waals surface area contributed by atoms with Crippen molar-refractivity contribution in [2.45, 2.75) is 39.3 Å². The number of nitrogens with two attached hydrogens (primary N) is 1. The largest absolute Gasteiger partial charge is 0.444 e. The predicted octanol–water partition coefficient (Wildman–Crippen LogP) is 1.31. The fraction of sp³-hybridized carbons (Fsp3) is 0.900. The molecule has 2 N–H and O–H groups in total. The Bertz CT molecular complexity index is 218. The molecule has 0 spiro atoms. The van der Waals surface area contributed by atoms with Crippen LogP contribution in [0.5, 0.6) is 0 Å². The molecule has 0 radical (unpaired) electrons. The van der Waals surface area contributed by atoms with E-state index in [-0.39, 0.29) is 25.6 Å². The molecule has 0 aliphatic carbocycles. The summed E-state index contributed by atoms with van der Waals surface area (Å²) in [5, 5.41) is 0. The van der Waals surface area contributed by atoms with Gasteiger partial charge >= 0.3 is 6.09 Å². The molecule has 0 aromatic carbocycles. The van der Waals surface area contributed by atoms with Gasteiger partial charge in [0, 0.05) is 19.1 Å². The van der Waals surface area contributed by atoms with Gasteiger partial charge in [0.05, 0.1) is 0 Å². The molecule has 5 heteroatoms. The summed E-state index contributed by atoms with van der Waals surface area (Å²) in [5.41, 5.74) is 5.40. The molecule has 15 heavy (non-hydrogen) atoms. The van der Waals surface area contributed by atoms with Gasteiger partial charge in [0.25, 0.3) is 0 Å². The minimum atomic E-state index is -0.424. The van der Waals surface area contributed by atoms with Gasteiger partial charge in [-0.1, -0.05) is 6.92 Å².